The van der Waals surface area contributed by atoms with Crippen molar-refractivity contribution in [2.24, 2.45) is 0 Å². The maximum atomic E-state index is 10.6. The van der Waals surface area contributed by atoms with Crippen LogP contribution in [0.25, 0.3) is 0 Å². The van der Waals surface area contributed by atoms with Crippen molar-refractivity contribution >= 4 is 5.97 Å². The topological polar surface area (TPSA) is 58.6 Å². The molecular formula is C8H17NO3. The standard InChI is InChI=1S/C8H17NO3/c1-4-7(8(10)11)9-6(2)5-12-3/h6-7,9H,4-5H2,1-3H3,(H,10,11). The highest BCUT2D eigenvalue weighted by Crippen LogP contribution is 1.94. The van der Waals surface area contributed by atoms with E-state index in [2.05, 4.69) is 5.32 Å². The van der Waals surface area contributed by atoms with Crippen molar-refractivity contribution in [1.29, 1.82) is 0 Å². The molecule has 0 rings (SSSR count). The third kappa shape index (κ3) is 4.31. The highest BCUT2D eigenvalue weighted by molar-refractivity contribution is 5.73. The Morgan fingerprint density at radius 2 is 2.25 bits per heavy atom. The van der Waals surface area contributed by atoms with Gasteiger partial charge in [-0.3, -0.25) is 10.1 Å². The molecule has 0 aromatic rings. The first-order valence-electron chi connectivity index (χ1n) is 4.09. The molecule has 0 amide bonds. The molecule has 4 nitrogen and oxygen atoms in total. The summed E-state index contributed by atoms with van der Waals surface area (Å²) in [7, 11) is 1.60. The van der Waals surface area contributed by atoms with Crippen molar-refractivity contribution < 1.29 is 14.6 Å². The lowest BCUT2D eigenvalue weighted by Crippen LogP contribution is -2.43. The highest BCUT2D eigenvalue weighted by atomic mass is 16.5. The normalized spacial score (nSPS) is 15.6. The van der Waals surface area contributed by atoms with Crippen molar-refractivity contribution in [3.63, 3.8) is 0 Å². The summed E-state index contributed by atoms with van der Waals surface area (Å²) in [5, 5.41) is 11.6. The minimum Gasteiger partial charge on any atom is -0.480 e. The number of carboxylic acids is 1. The van der Waals surface area contributed by atoms with Crippen LogP contribution in [-0.4, -0.2) is 36.9 Å². The van der Waals surface area contributed by atoms with E-state index in [9.17, 15) is 4.79 Å². The maximum absolute atomic E-state index is 10.6. The molecule has 0 aliphatic carbocycles. The molecule has 12 heavy (non-hydrogen) atoms. The van der Waals surface area contributed by atoms with Gasteiger partial charge in [-0.1, -0.05) is 6.92 Å². The Morgan fingerprint density at radius 3 is 2.58 bits per heavy atom. The zero-order valence-electron chi connectivity index (χ0n) is 7.83. The Balaban J connectivity index is 3.77. The van der Waals surface area contributed by atoms with E-state index in [-0.39, 0.29) is 6.04 Å². The summed E-state index contributed by atoms with van der Waals surface area (Å²) in [5.41, 5.74) is 0. The number of carbonyl (C=O) groups is 1. The lowest BCUT2D eigenvalue weighted by Gasteiger charge is -2.17. The number of carboxylic acid groups (broad SMARTS) is 1. The van der Waals surface area contributed by atoms with Gasteiger partial charge in [-0.25, -0.2) is 0 Å². The fourth-order valence-corrected chi connectivity index (χ4v) is 1.01. The predicted molar refractivity (Wildman–Crippen MR) is 46.2 cm³/mol. The van der Waals surface area contributed by atoms with Gasteiger partial charge < -0.3 is 9.84 Å². The number of aliphatic carboxylic acids is 1. The van der Waals surface area contributed by atoms with Gasteiger partial charge in [-0.05, 0) is 13.3 Å². The van der Waals surface area contributed by atoms with Gasteiger partial charge >= 0.3 is 5.97 Å². The van der Waals surface area contributed by atoms with Gasteiger partial charge in [0.2, 0.25) is 0 Å². The zero-order valence-corrected chi connectivity index (χ0v) is 7.83. The summed E-state index contributed by atoms with van der Waals surface area (Å²) in [4.78, 5) is 10.6. The van der Waals surface area contributed by atoms with Crippen LogP contribution in [0.4, 0.5) is 0 Å². The zero-order chi connectivity index (χ0) is 9.56. The molecule has 2 atom stereocenters. The number of nitrogens with one attached hydrogen (secondary N) is 1. The van der Waals surface area contributed by atoms with Crippen LogP contribution in [0.15, 0.2) is 0 Å². The molecule has 2 unspecified atom stereocenters. The van der Waals surface area contributed by atoms with E-state index in [0.29, 0.717) is 13.0 Å². The summed E-state index contributed by atoms with van der Waals surface area (Å²) in [6.45, 7) is 4.27. The first kappa shape index (κ1) is 11.4. The molecule has 0 aromatic heterocycles. The molecule has 0 saturated heterocycles. The minimum atomic E-state index is -0.805. The quantitative estimate of drug-likeness (QED) is 0.616. The van der Waals surface area contributed by atoms with Gasteiger partial charge in [0.05, 0.1) is 6.61 Å². The average molecular weight is 175 g/mol. The van der Waals surface area contributed by atoms with Crippen LogP contribution in [0.1, 0.15) is 20.3 Å². The number of hydrogen-bond donors (Lipinski definition) is 2. The molecule has 0 heterocycles. The van der Waals surface area contributed by atoms with Crippen LogP contribution in [-0.2, 0) is 9.53 Å². The van der Waals surface area contributed by atoms with Gasteiger partial charge in [0.1, 0.15) is 6.04 Å². The molecular weight excluding hydrogens is 158 g/mol. The maximum Gasteiger partial charge on any atom is 0.320 e. The molecule has 0 aliphatic rings. The van der Waals surface area contributed by atoms with Gasteiger partial charge in [-0.2, -0.15) is 0 Å². The number of rotatable bonds is 6. The second-order valence-electron chi connectivity index (χ2n) is 2.82. The summed E-state index contributed by atoms with van der Waals surface area (Å²) < 4.78 is 4.87. The van der Waals surface area contributed by atoms with Crippen LogP contribution >= 0.6 is 0 Å². The van der Waals surface area contributed by atoms with Gasteiger partial charge in [0.25, 0.3) is 0 Å². The molecule has 72 valence electrons. The third-order valence-electron chi connectivity index (χ3n) is 1.61. The molecule has 2 N–H and O–H groups in total. The van der Waals surface area contributed by atoms with E-state index in [0.717, 1.165) is 0 Å². The van der Waals surface area contributed by atoms with Crippen molar-refractivity contribution in [3.05, 3.63) is 0 Å². The summed E-state index contributed by atoms with van der Waals surface area (Å²) in [6.07, 6.45) is 0.587. The number of methoxy groups -OCH3 is 1. The second kappa shape index (κ2) is 5.97. The Labute approximate surface area is 72.9 Å². The van der Waals surface area contributed by atoms with Gasteiger partial charge in [0.15, 0.2) is 0 Å². The SMILES string of the molecule is CCC(NC(C)COC)C(=O)O. The molecule has 0 aromatic carbocycles. The minimum absolute atomic E-state index is 0.0797. The van der Waals surface area contributed by atoms with Crippen molar-refractivity contribution in [2.45, 2.75) is 32.4 Å². The first-order valence-corrected chi connectivity index (χ1v) is 4.09. The molecule has 0 fully saturated rings. The summed E-state index contributed by atoms with van der Waals surface area (Å²) in [5.74, 6) is -0.805. The lowest BCUT2D eigenvalue weighted by atomic mass is 10.2. The third-order valence-corrected chi connectivity index (χ3v) is 1.61. The second-order valence-corrected chi connectivity index (χ2v) is 2.82. The molecule has 0 bridgehead atoms. The first-order chi connectivity index (χ1) is 5.61. The van der Waals surface area contributed by atoms with Crippen LogP contribution < -0.4 is 5.32 Å². The van der Waals surface area contributed by atoms with Crippen LogP contribution in [0, 0.1) is 0 Å². The van der Waals surface area contributed by atoms with Crippen molar-refractivity contribution in [3.8, 4) is 0 Å². The fraction of sp³-hybridized carbons (Fsp3) is 0.875. The molecule has 0 aliphatic heterocycles. The van der Waals surface area contributed by atoms with Crippen molar-refractivity contribution in [2.75, 3.05) is 13.7 Å². The van der Waals surface area contributed by atoms with E-state index in [4.69, 9.17) is 9.84 Å². The predicted octanol–water partition coefficient (Wildman–Crippen LogP) is 0.474. The van der Waals surface area contributed by atoms with Crippen LogP contribution in [0.5, 0.6) is 0 Å². The van der Waals surface area contributed by atoms with E-state index < -0.39 is 12.0 Å². The summed E-state index contributed by atoms with van der Waals surface area (Å²) in [6, 6.07) is -0.383. The lowest BCUT2D eigenvalue weighted by molar-refractivity contribution is -0.139. The Bertz CT molecular complexity index is 138. The Hall–Kier alpha value is -0.610. The fourth-order valence-electron chi connectivity index (χ4n) is 1.01. The van der Waals surface area contributed by atoms with Crippen molar-refractivity contribution in [1.82, 2.24) is 5.32 Å². The molecule has 0 radical (unpaired) electrons. The molecule has 0 spiro atoms. The van der Waals surface area contributed by atoms with Gasteiger partial charge in [-0.15, -0.1) is 0 Å². The molecule has 4 heteroatoms. The largest absolute Gasteiger partial charge is 0.480 e. The number of ether oxygens (including phenoxy) is 1. The Morgan fingerprint density at radius 1 is 1.67 bits per heavy atom. The van der Waals surface area contributed by atoms with E-state index in [1.54, 1.807) is 7.11 Å². The van der Waals surface area contributed by atoms with E-state index in [1.165, 1.54) is 0 Å². The van der Waals surface area contributed by atoms with Gasteiger partial charge in [0, 0.05) is 13.2 Å². The van der Waals surface area contributed by atoms with Crippen LogP contribution in [0.2, 0.25) is 0 Å². The smallest absolute Gasteiger partial charge is 0.320 e. The monoisotopic (exact) mass is 175 g/mol. The molecule has 0 saturated carbocycles. The number of hydrogen-bond acceptors (Lipinski definition) is 3. The summed E-state index contributed by atoms with van der Waals surface area (Å²) >= 11 is 0. The van der Waals surface area contributed by atoms with Crippen LogP contribution in [0.3, 0.4) is 0 Å². The van der Waals surface area contributed by atoms with E-state index in [1.807, 2.05) is 13.8 Å². The highest BCUT2D eigenvalue weighted by Gasteiger charge is 2.16. The average Bonchev–Trinajstić information content (AvgIpc) is 2.00. The van der Waals surface area contributed by atoms with E-state index >= 15 is 0 Å². The Kier molecular flexibility index (Phi) is 5.66.